The average Bonchev–Trinajstić information content (AvgIpc) is 0.899. The van der Waals surface area contributed by atoms with Crippen molar-refractivity contribution in [3.05, 3.63) is 24.3 Å². The van der Waals surface area contributed by atoms with Gasteiger partial charge in [0.05, 0.1) is 26.4 Å². The summed E-state index contributed by atoms with van der Waals surface area (Å²) in [4.78, 5) is 73.4. The van der Waals surface area contributed by atoms with E-state index in [-0.39, 0.29) is 25.7 Å². The zero-order valence-electron chi connectivity index (χ0n) is 72.6. The number of phosphoric ester groups is 2. The van der Waals surface area contributed by atoms with Gasteiger partial charge in [-0.15, -0.1) is 0 Å². The van der Waals surface area contributed by atoms with Crippen molar-refractivity contribution in [1.82, 2.24) is 0 Å². The summed E-state index contributed by atoms with van der Waals surface area (Å²) in [5.74, 6) is -1.25. The molecule has 0 radical (unpaired) electrons. The van der Waals surface area contributed by atoms with Crippen molar-refractivity contribution in [1.29, 1.82) is 0 Å². The van der Waals surface area contributed by atoms with Gasteiger partial charge in [0, 0.05) is 25.7 Å². The van der Waals surface area contributed by atoms with E-state index >= 15 is 0 Å². The SMILES string of the molecule is CCCCCC/C=C\C=C/CCCCCCCC(=O)O[C@H](COC(=O)CCCCCCCCCCCCCCC)COP(=O)(O)OC[C@H](O)COP(=O)(O)OC[C@@H](COC(=O)CCCCCCCCCCCCCCCCCCCCCCC)OC(=O)CCCCCCCCCCCCCCCCCCCCC(C)CC. The lowest BCUT2D eigenvalue weighted by Crippen LogP contribution is -2.30. The zero-order valence-corrected chi connectivity index (χ0v) is 74.4. The molecule has 0 heterocycles. The molecule has 0 aliphatic rings. The number of phosphoric acid groups is 2. The number of esters is 4. The average molecular weight is 1620 g/mol. The van der Waals surface area contributed by atoms with E-state index in [2.05, 4.69) is 58.9 Å². The molecule has 0 bridgehead atoms. The molecule has 656 valence electrons. The summed E-state index contributed by atoms with van der Waals surface area (Å²) in [5.41, 5.74) is 0. The first-order valence-electron chi connectivity index (χ1n) is 47.0. The summed E-state index contributed by atoms with van der Waals surface area (Å²) in [6, 6.07) is 0. The molecule has 0 aliphatic heterocycles. The Morgan fingerprint density at radius 2 is 0.505 bits per heavy atom. The Kier molecular flexibility index (Phi) is 82.1. The van der Waals surface area contributed by atoms with E-state index in [1.165, 1.54) is 289 Å². The topological polar surface area (TPSA) is 237 Å². The van der Waals surface area contributed by atoms with Gasteiger partial charge in [-0.25, -0.2) is 9.13 Å². The second-order valence-corrected chi connectivity index (χ2v) is 35.5. The van der Waals surface area contributed by atoms with Crippen LogP contribution in [0.25, 0.3) is 0 Å². The Balaban J connectivity index is 5.27. The maximum atomic E-state index is 13.2. The molecular weight excluding hydrogens is 1440 g/mol. The predicted octanol–water partition coefficient (Wildman–Crippen LogP) is 28.3. The third-order valence-corrected chi connectivity index (χ3v) is 23.4. The molecule has 0 aromatic rings. The van der Waals surface area contributed by atoms with E-state index in [0.29, 0.717) is 25.7 Å². The van der Waals surface area contributed by atoms with Crippen molar-refractivity contribution in [2.75, 3.05) is 39.6 Å². The molecule has 0 amide bonds. The molecule has 3 N–H and O–H groups in total. The fourth-order valence-corrected chi connectivity index (χ4v) is 15.5. The van der Waals surface area contributed by atoms with Crippen LogP contribution in [0.1, 0.15) is 478 Å². The van der Waals surface area contributed by atoms with Gasteiger partial charge in [-0.2, -0.15) is 0 Å². The van der Waals surface area contributed by atoms with Crippen LogP contribution in [0.3, 0.4) is 0 Å². The van der Waals surface area contributed by atoms with Crippen LogP contribution in [0.15, 0.2) is 24.3 Å². The Morgan fingerprint density at radius 3 is 0.766 bits per heavy atom. The van der Waals surface area contributed by atoms with Gasteiger partial charge >= 0.3 is 39.5 Å². The molecule has 17 nitrogen and oxygen atoms in total. The lowest BCUT2D eigenvalue weighted by Gasteiger charge is -2.21. The number of carbonyl (C=O) groups is 4. The summed E-state index contributed by atoms with van der Waals surface area (Å²) >= 11 is 0. The minimum atomic E-state index is -4.97. The molecule has 3 unspecified atom stereocenters. The number of allylic oxidation sites excluding steroid dienone is 4. The fraction of sp³-hybridized carbons (Fsp3) is 0.913. The molecule has 111 heavy (non-hydrogen) atoms. The van der Waals surface area contributed by atoms with Gasteiger partial charge in [-0.05, 0) is 57.3 Å². The highest BCUT2D eigenvalue weighted by molar-refractivity contribution is 7.47. The van der Waals surface area contributed by atoms with Crippen LogP contribution < -0.4 is 0 Å². The number of hydrogen-bond donors (Lipinski definition) is 3. The van der Waals surface area contributed by atoms with Crippen LogP contribution in [0.4, 0.5) is 0 Å². The third kappa shape index (κ3) is 83.8. The number of unbranched alkanes of at least 4 members (excludes halogenated alkanes) is 58. The zero-order chi connectivity index (χ0) is 81.1. The minimum Gasteiger partial charge on any atom is -0.462 e. The molecular formula is C92H176O17P2. The van der Waals surface area contributed by atoms with E-state index in [1.807, 2.05) is 0 Å². The Morgan fingerprint density at radius 1 is 0.288 bits per heavy atom. The second-order valence-electron chi connectivity index (χ2n) is 32.6. The third-order valence-electron chi connectivity index (χ3n) is 21.5. The molecule has 19 heteroatoms. The van der Waals surface area contributed by atoms with Gasteiger partial charge < -0.3 is 33.8 Å². The van der Waals surface area contributed by atoms with E-state index in [9.17, 15) is 43.2 Å². The van der Waals surface area contributed by atoms with Crippen molar-refractivity contribution >= 4 is 39.5 Å². The summed E-state index contributed by atoms with van der Waals surface area (Å²) < 4.78 is 69.0. The maximum absolute atomic E-state index is 13.2. The van der Waals surface area contributed by atoms with Crippen LogP contribution >= 0.6 is 15.6 Å². The summed E-state index contributed by atoms with van der Waals surface area (Å²) in [6.45, 7) is 7.40. The number of aliphatic hydroxyl groups is 1. The van der Waals surface area contributed by atoms with E-state index < -0.39 is 97.5 Å². The molecule has 0 aromatic carbocycles. The van der Waals surface area contributed by atoms with E-state index in [1.54, 1.807) is 0 Å². The number of aliphatic hydroxyl groups excluding tert-OH is 1. The van der Waals surface area contributed by atoms with Crippen molar-refractivity contribution in [2.45, 2.75) is 496 Å². The molecule has 0 aliphatic carbocycles. The smallest absolute Gasteiger partial charge is 0.462 e. The molecule has 0 saturated carbocycles. The first kappa shape index (κ1) is 109. The van der Waals surface area contributed by atoms with Crippen molar-refractivity contribution in [3.63, 3.8) is 0 Å². The van der Waals surface area contributed by atoms with E-state index in [4.69, 9.17) is 37.0 Å². The number of ether oxygens (including phenoxy) is 4. The van der Waals surface area contributed by atoms with Crippen LogP contribution in [0.2, 0.25) is 0 Å². The van der Waals surface area contributed by atoms with Crippen molar-refractivity contribution in [2.24, 2.45) is 5.92 Å². The molecule has 0 spiro atoms. The van der Waals surface area contributed by atoms with Gasteiger partial charge in [0.15, 0.2) is 12.2 Å². The fourth-order valence-electron chi connectivity index (χ4n) is 14.0. The lowest BCUT2D eigenvalue weighted by molar-refractivity contribution is -0.161. The summed E-state index contributed by atoms with van der Waals surface area (Å²) in [5, 5.41) is 10.7. The van der Waals surface area contributed by atoms with Crippen LogP contribution in [-0.2, 0) is 65.4 Å². The minimum absolute atomic E-state index is 0.0860. The van der Waals surface area contributed by atoms with Gasteiger partial charge in [0.1, 0.15) is 19.3 Å². The normalized spacial score (nSPS) is 14.1. The number of rotatable bonds is 90. The first-order valence-corrected chi connectivity index (χ1v) is 50.0. The number of carbonyl (C=O) groups excluding carboxylic acids is 4. The Hall–Kier alpha value is -2.46. The standard InChI is InChI=1S/C92H176O17P2/c1-6-10-13-16-19-22-25-28-30-31-32-33-34-38-42-46-51-56-61-66-71-76-90(95)103-82-88(109-92(97)78-73-68-63-58-53-48-43-39-36-35-37-41-45-49-54-59-64-69-74-85(5)9-4)84-107-111(100,101)105-80-86(93)79-104-110(98,99)106-83-87(81-102-89(94)75-70-65-60-55-50-44-27-24-21-18-15-12-8-3)108-91(96)77-72-67-62-57-52-47-40-29-26-23-20-17-14-11-7-2/h23,26,29,40,85-88,93H,6-22,24-25,27-28,30-39,41-84H2,1-5H3,(H,98,99)(H,100,101)/b26-23-,40-29-/t85?,86-,87+,88+/m0/s1. The second kappa shape index (κ2) is 84.0. The van der Waals surface area contributed by atoms with Crippen molar-refractivity contribution < 1.29 is 80.2 Å². The molecule has 0 fully saturated rings. The van der Waals surface area contributed by atoms with Crippen molar-refractivity contribution in [3.8, 4) is 0 Å². The summed E-state index contributed by atoms with van der Waals surface area (Å²) in [6.07, 6.45) is 82.8. The summed E-state index contributed by atoms with van der Waals surface area (Å²) in [7, 11) is -9.95. The van der Waals surface area contributed by atoms with Crippen LogP contribution in [-0.4, -0.2) is 96.7 Å². The monoisotopic (exact) mass is 1620 g/mol. The Labute approximate surface area is 682 Å². The molecule has 0 saturated heterocycles. The highest BCUT2D eigenvalue weighted by Gasteiger charge is 2.31. The largest absolute Gasteiger partial charge is 0.472 e. The maximum Gasteiger partial charge on any atom is 0.472 e. The van der Waals surface area contributed by atoms with Crippen LogP contribution in [0.5, 0.6) is 0 Å². The highest BCUT2D eigenvalue weighted by Crippen LogP contribution is 2.45. The molecule has 6 atom stereocenters. The first-order chi connectivity index (χ1) is 54.1. The number of hydrogen-bond acceptors (Lipinski definition) is 15. The molecule has 0 rings (SSSR count). The molecule has 0 aromatic heterocycles. The predicted molar refractivity (Wildman–Crippen MR) is 460 cm³/mol. The van der Waals surface area contributed by atoms with Gasteiger partial charge in [-0.3, -0.25) is 37.3 Å². The van der Waals surface area contributed by atoms with Gasteiger partial charge in [0.25, 0.3) is 0 Å². The lowest BCUT2D eigenvalue weighted by atomic mass is 9.99. The van der Waals surface area contributed by atoms with E-state index in [0.717, 1.165) is 109 Å². The quantitative estimate of drug-likeness (QED) is 0.0169. The van der Waals surface area contributed by atoms with Crippen LogP contribution in [0, 0.1) is 5.92 Å². The van der Waals surface area contributed by atoms with Gasteiger partial charge in [0.2, 0.25) is 0 Å². The highest BCUT2D eigenvalue weighted by atomic mass is 31.2. The van der Waals surface area contributed by atoms with Gasteiger partial charge in [-0.1, -0.05) is 425 Å². The Bertz CT molecular complexity index is 2200.